The number of methoxy groups -OCH3 is 1. The number of rotatable bonds is 5. The number of ether oxygens (including phenoxy) is 3. The molecule has 1 aromatic rings. The maximum atomic E-state index is 10.9. The molecule has 0 radical (unpaired) electrons. The van der Waals surface area contributed by atoms with Crippen molar-refractivity contribution in [2.45, 2.75) is 42.9 Å². The summed E-state index contributed by atoms with van der Waals surface area (Å²) in [7, 11) is 1.60. The van der Waals surface area contributed by atoms with Crippen LogP contribution in [0.3, 0.4) is 0 Å². The molecule has 4 heteroatoms. The lowest BCUT2D eigenvalue weighted by atomic mass is 9.72. The van der Waals surface area contributed by atoms with Gasteiger partial charge < -0.3 is 19.3 Å². The fraction of sp³-hybridized carbons (Fsp3) is 0.529. The Kier molecular flexibility index (Phi) is 3.88. The predicted molar refractivity (Wildman–Crippen MR) is 78.9 cm³/mol. The Balaban J connectivity index is 1.72. The fourth-order valence-corrected chi connectivity index (χ4v) is 3.31. The molecule has 1 saturated carbocycles. The van der Waals surface area contributed by atoms with E-state index in [1.165, 1.54) is 0 Å². The fourth-order valence-electron chi connectivity index (χ4n) is 3.31. The Morgan fingerprint density at radius 1 is 1.43 bits per heavy atom. The van der Waals surface area contributed by atoms with Gasteiger partial charge in [0.1, 0.15) is 17.3 Å². The summed E-state index contributed by atoms with van der Waals surface area (Å²) >= 11 is 0. The molecular weight excluding hydrogens is 268 g/mol. The van der Waals surface area contributed by atoms with Gasteiger partial charge in [0, 0.05) is 7.11 Å². The summed E-state index contributed by atoms with van der Waals surface area (Å²) < 4.78 is 17.1. The van der Waals surface area contributed by atoms with E-state index in [0.29, 0.717) is 13.2 Å². The minimum atomic E-state index is -1.19. The molecule has 4 atom stereocenters. The highest BCUT2D eigenvalue weighted by Gasteiger charge is 2.67. The first-order valence-corrected chi connectivity index (χ1v) is 7.33. The SMILES string of the molecule is C=C[C@@]1(O)[C@H](OC)[C@H](OCc2ccccc2)CC[C@]12CO2. The van der Waals surface area contributed by atoms with E-state index in [2.05, 4.69) is 6.58 Å². The van der Waals surface area contributed by atoms with Crippen LogP contribution >= 0.6 is 0 Å². The molecule has 0 unspecified atom stereocenters. The maximum Gasteiger partial charge on any atom is 0.142 e. The molecule has 21 heavy (non-hydrogen) atoms. The lowest BCUT2D eigenvalue weighted by Gasteiger charge is -2.45. The van der Waals surface area contributed by atoms with Gasteiger partial charge in [-0.1, -0.05) is 36.4 Å². The number of benzene rings is 1. The molecule has 2 aliphatic rings. The van der Waals surface area contributed by atoms with Crippen LogP contribution in [0.5, 0.6) is 0 Å². The Hall–Kier alpha value is -1.20. The third-order valence-electron chi connectivity index (χ3n) is 4.70. The van der Waals surface area contributed by atoms with E-state index in [0.717, 1.165) is 18.4 Å². The molecule has 0 amide bonds. The van der Waals surface area contributed by atoms with Gasteiger partial charge in [-0.25, -0.2) is 0 Å². The van der Waals surface area contributed by atoms with Gasteiger partial charge in [0.2, 0.25) is 0 Å². The average Bonchev–Trinajstić information content (AvgIpc) is 3.31. The molecule has 4 nitrogen and oxygen atoms in total. The van der Waals surface area contributed by atoms with Crippen molar-refractivity contribution >= 4 is 0 Å². The van der Waals surface area contributed by atoms with E-state index < -0.39 is 17.3 Å². The number of epoxide rings is 1. The Morgan fingerprint density at radius 3 is 2.71 bits per heavy atom. The van der Waals surface area contributed by atoms with Crippen molar-refractivity contribution in [3.05, 3.63) is 48.6 Å². The monoisotopic (exact) mass is 290 g/mol. The van der Waals surface area contributed by atoms with E-state index in [4.69, 9.17) is 14.2 Å². The second kappa shape index (κ2) is 5.54. The molecule has 1 aromatic carbocycles. The number of hydrogen-bond acceptors (Lipinski definition) is 4. The molecule has 1 heterocycles. The second-order valence-electron chi connectivity index (χ2n) is 5.84. The van der Waals surface area contributed by atoms with Crippen molar-refractivity contribution in [3.63, 3.8) is 0 Å². The van der Waals surface area contributed by atoms with Crippen molar-refractivity contribution in [2.75, 3.05) is 13.7 Å². The quantitative estimate of drug-likeness (QED) is 0.666. The van der Waals surface area contributed by atoms with Crippen LogP contribution in [0.1, 0.15) is 18.4 Å². The third-order valence-corrected chi connectivity index (χ3v) is 4.70. The first-order chi connectivity index (χ1) is 10.1. The number of aliphatic hydroxyl groups is 1. The van der Waals surface area contributed by atoms with Gasteiger partial charge in [0.15, 0.2) is 0 Å². The smallest absolute Gasteiger partial charge is 0.142 e. The minimum absolute atomic E-state index is 0.173. The first-order valence-electron chi connectivity index (χ1n) is 7.33. The van der Waals surface area contributed by atoms with Crippen molar-refractivity contribution < 1.29 is 19.3 Å². The zero-order valence-electron chi connectivity index (χ0n) is 12.3. The Labute approximate surface area is 125 Å². The molecule has 1 spiro atoms. The van der Waals surface area contributed by atoms with Gasteiger partial charge in [0.05, 0.1) is 19.3 Å². The lowest BCUT2D eigenvalue weighted by Crippen LogP contribution is -2.62. The Morgan fingerprint density at radius 2 is 2.14 bits per heavy atom. The largest absolute Gasteiger partial charge is 0.380 e. The molecule has 1 saturated heterocycles. The van der Waals surface area contributed by atoms with Gasteiger partial charge in [-0.3, -0.25) is 0 Å². The molecule has 1 aliphatic heterocycles. The van der Waals surface area contributed by atoms with Gasteiger partial charge in [-0.05, 0) is 18.4 Å². The standard InChI is InChI=1S/C17H22O4/c1-3-17(18)15(19-2)14(9-10-16(17)12-21-16)20-11-13-7-5-4-6-8-13/h3-8,14-15,18H,1,9-12H2,2H3/t14-,15-,16+,17-/m1/s1. The summed E-state index contributed by atoms with van der Waals surface area (Å²) in [6.45, 7) is 4.84. The van der Waals surface area contributed by atoms with Crippen molar-refractivity contribution in [1.82, 2.24) is 0 Å². The molecule has 0 bridgehead atoms. The summed E-state index contributed by atoms with van der Waals surface area (Å²) in [6.07, 6.45) is 2.48. The van der Waals surface area contributed by atoms with E-state index in [1.54, 1.807) is 13.2 Å². The predicted octanol–water partition coefficient (Wildman–Crippen LogP) is 2.07. The average molecular weight is 290 g/mol. The van der Waals surface area contributed by atoms with Crippen LogP contribution in [0, 0.1) is 0 Å². The lowest BCUT2D eigenvalue weighted by molar-refractivity contribution is -0.190. The summed E-state index contributed by atoms with van der Waals surface area (Å²) in [5.74, 6) is 0. The highest BCUT2D eigenvalue weighted by Crippen LogP contribution is 2.50. The summed E-state index contributed by atoms with van der Waals surface area (Å²) in [6, 6.07) is 10.00. The van der Waals surface area contributed by atoms with Crippen LogP contribution in [0.15, 0.2) is 43.0 Å². The highest BCUT2D eigenvalue weighted by molar-refractivity contribution is 5.24. The molecule has 3 rings (SSSR count). The van der Waals surface area contributed by atoms with Crippen molar-refractivity contribution in [3.8, 4) is 0 Å². The van der Waals surface area contributed by atoms with E-state index in [-0.39, 0.29) is 6.10 Å². The zero-order valence-corrected chi connectivity index (χ0v) is 12.3. The van der Waals surface area contributed by atoms with Gasteiger partial charge in [0.25, 0.3) is 0 Å². The molecule has 1 N–H and O–H groups in total. The van der Waals surface area contributed by atoms with Crippen LogP contribution in [0.25, 0.3) is 0 Å². The minimum Gasteiger partial charge on any atom is -0.380 e. The molecule has 114 valence electrons. The highest BCUT2D eigenvalue weighted by atomic mass is 16.6. The zero-order chi connectivity index (χ0) is 14.9. The summed E-state index contributed by atoms with van der Waals surface area (Å²) in [5, 5.41) is 10.9. The topological polar surface area (TPSA) is 51.2 Å². The van der Waals surface area contributed by atoms with Crippen LogP contribution in [0.2, 0.25) is 0 Å². The van der Waals surface area contributed by atoms with Gasteiger partial charge >= 0.3 is 0 Å². The molecule has 0 aromatic heterocycles. The van der Waals surface area contributed by atoms with Gasteiger partial charge in [-0.15, -0.1) is 6.58 Å². The summed E-state index contributed by atoms with van der Waals surface area (Å²) in [5.41, 5.74) is -0.610. The van der Waals surface area contributed by atoms with E-state index in [1.807, 2.05) is 30.3 Å². The van der Waals surface area contributed by atoms with Crippen LogP contribution < -0.4 is 0 Å². The first kappa shape index (κ1) is 14.7. The van der Waals surface area contributed by atoms with Crippen molar-refractivity contribution in [2.24, 2.45) is 0 Å². The second-order valence-corrected chi connectivity index (χ2v) is 5.84. The molecule has 1 aliphatic carbocycles. The van der Waals surface area contributed by atoms with Crippen LogP contribution in [-0.4, -0.2) is 42.2 Å². The molecule has 2 fully saturated rings. The third kappa shape index (κ3) is 2.42. The maximum absolute atomic E-state index is 10.9. The van der Waals surface area contributed by atoms with E-state index in [9.17, 15) is 5.11 Å². The van der Waals surface area contributed by atoms with Crippen LogP contribution in [-0.2, 0) is 20.8 Å². The van der Waals surface area contributed by atoms with Crippen LogP contribution in [0.4, 0.5) is 0 Å². The molecular formula is C17H22O4. The van der Waals surface area contributed by atoms with E-state index >= 15 is 0 Å². The number of hydrogen-bond donors (Lipinski definition) is 1. The van der Waals surface area contributed by atoms with Gasteiger partial charge in [-0.2, -0.15) is 0 Å². The summed E-state index contributed by atoms with van der Waals surface area (Å²) in [4.78, 5) is 0. The normalized spacial score (nSPS) is 38.4. The van der Waals surface area contributed by atoms with Crippen molar-refractivity contribution in [1.29, 1.82) is 0 Å². The Bertz CT molecular complexity index is 497.